The maximum atomic E-state index is 12.0. The molecule has 1 aliphatic rings. The van der Waals surface area contributed by atoms with Crippen LogP contribution >= 0.6 is 11.3 Å². The highest BCUT2D eigenvalue weighted by molar-refractivity contribution is 7.15. The van der Waals surface area contributed by atoms with Crippen molar-refractivity contribution in [3.05, 3.63) is 40.4 Å². The quantitative estimate of drug-likeness (QED) is 0.658. The molecule has 1 saturated heterocycles. The fourth-order valence-corrected chi connectivity index (χ4v) is 4.05. The number of thiazole rings is 1. The topological polar surface area (TPSA) is 86.9 Å². The maximum absolute atomic E-state index is 12.0. The first-order valence-electron chi connectivity index (χ1n) is 9.92. The lowest BCUT2D eigenvalue weighted by Crippen LogP contribution is -2.36. The highest BCUT2D eigenvalue weighted by atomic mass is 32.1. The minimum absolute atomic E-state index is 0.198. The Labute approximate surface area is 175 Å². The molecular weight excluding hydrogens is 390 g/mol. The highest BCUT2D eigenvalue weighted by Crippen LogP contribution is 2.27. The summed E-state index contributed by atoms with van der Waals surface area (Å²) in [6.07, 6.45) is 0.523. The number of aromatic nitrogens is 1. The number of carbonyl (C=O) groups is 1. The van der Waals surface area contributed by atoms with Gasteiger partial charge in [-0.1, -0.05) is 12.1 Å². The van der Waals surface area contributed by atoms with Gasteiger partial charge < -0.3 is 24.8 Å². The molecular formula is C21H29N3O4S. The number of esters is 1. The van der Waals surface area contributed by atoms with Gasteiger partial charge in [-0.2, -0.15) is 0 Å². The Bertz CT molecular complexity index is 818. The molecule has 1 unspecified atom stereocenters. The number of aryl methyl sites for hydroxylation is 1. The highest BCUT2D eigenvalue weighted by Gasteiger charge is 2.19. The maximum Gasteiger partial charge on any atom is 0.327 e. The molecule has 7 nitrogen and oxygen atoms in total. The van der Waals surface area contributed by atoms with Gasteiger partial charge in [-0.05, 0) is 38.5 Å². The number of nitrogens with zero attached hydrogens (tertiary/aromatic N) is 2. The number of morpholine rings is 1. The SMILES string of the molecule is Cc1sc(N2CCOCC2)nc1CCOc1cccc(C(N)C(=O)OC(C)C)c1. The molecule has 1 aliphatic heterocycles. The molecule has 2 aromatic rings. The first-order valence-corrected chi connectivity index (χ1v) is 10.7. The number of nitrogens with two attached hydrogens (primary N) is 1. The predicted molar refractivity (Wildman–Crippen MR) is 114 cm³/mol. The van der Waals surface area contributed by atoms with Crippen LogP contribution in [-0.2, 0) is 20.7 Å². The van der Waals surface area contributed by atoms with Crippen LogP contribution in [0.5, 0.6) is 5.75 Å². The summed E-state index contributed by atoms with van der Waals surface area (Å²) < 4.78 is 16.5. The van der Waals surface area contributed by atoms with E-state index in [0.717, 1.165) is 43.5 Å². The molecule has 0 radical (unpaired) electrons. The van der Waals surface area contributed by atoms with Crippen LogP contribution in [0.1, 0.15) is 36.0 Å². The summed E-state index contributed by atoms with van der Waals surface area (Å²) in [6, 6.07) is 6.46. The van der Waals surface area contributed by atoms with Crippen molar-refractivity contribution in [2.75, 3.05) is 37.8 Å². The van der Waals surface area contributed by atoms with Crippen molar-refractivity contribution in [2.45, 2.75) is 39.3 Å². The van der Waals surface area contributed by atoms with Crippen molar-refractivity contribution in [3.8, 4) is 5.75 Å². The van der Waals surface area contributed by atoms with Gasteiger partial charge in [-0.15, -0.1) is 11.3 Å². The molecule has 2 heterocycles. The summed E-state index contributed by atoms with van der Waals surface area (Å²) in [5.74, 6) is 0.238. The van der Waals surface area contributed by atoms with Crippen LogP contribution in [0.3, 0.4) is 0 Å². The molecule has 1 aromatic carbocycles. The van der Waals surface area contributed by atoms with E-state index in [-0.39, 0.29) is 6.10 Å². The zero-order valence-corrected chi connectivity index (χ0v) is 18.0. The lowest BCUT2D eigenvalue weighted by Gasteiger charge is -2.26. The Balaban J connectivity index is 1.55. The largest absolute Gasteiger partial charge is 0.493 e. The van der Waals surface area contributed by atoms with E-state index < -0.39 is 12.0 Å². The van der Waals surface area contributed by atoms with E-state index in [1.165, 1.54) is 4.88 Å². The lowest BCUT2D eigenvalue weighted by atomic mass is 10.1. The molecule has 1 aromatic heterocycles. The Morgan fingerprint density at radius 2 is 2.10 bits per heavy atom. The molecule has 1 atom stereocenters. The van der Waals surface area contributed by atoms with Gasteiger partial charge in [0.1, 0.15) is 11.8 Å². The molecule has 29 heavy (non-hydrogen) atoms. The molecule has 0 aliphatic carbocycles. The second kappa shape index (κ2) is 10.0. The van der Waals surface area contributed by atoms with Crippen LogP contribution in [-0.4, -0.2) is 50.0 Å². The zero-order chi connectivity index (χ0) is 20.8. The monoisotopic (exact) mass is 419 g/mol. The molecule has 3 rings (SSSR count). The molecule has 0 saturated carbocycles. The number of benzene rings is 1. The van der Waals surface area contributed by atoms with Gasteiger partial charge in [-0.3, -0.25) is 0 Å². The predicted octanol–water partition coefficient (Wildman–Crippen LogP) is 2.86. The summed E-state index contributed by atoms with van der Waals surface area (Å²) in [6.45, 7) is 9.47. The van der Waals surface area contributed by atoms with E-state index in [4.69, 9.17) is 24.9 Å². The number of rotatable bonds is 8. The third-order valence-electron chi connectivity index (χ3n) is 4.59. The molecule has 158 valence electrons. The Hall–Kier alpha value is -2.16. The Kier molecular flexibility index (Phi) is 7.46. The van der Waals surface area contributed by atoms with E-state index in [1.54, 1.807) is 37.3 Å². The zero-order valence-electron chi connectivity index (χ0n) is 17.2. The van der Waals surface area contributed by atoms with E-state index >= 15 is 0 Å². The van der Waals surface area contributed by atoms with Crippen LogP contribution in [0.15, 0.2) is 24.3 Å². The van der Waals surface area contributed by atoms with Gasteiger partial charge in [0.05, 0.1) is 31.6 Å². The van der Waals surface area contributed by atoms with Gasteiger partial charge in [0.15, 0.2) is 5.13 Å². The normalized spacial score (nSPS) is 15.4. The number of carbonyl (C=O) groups excluding carboxylic acids is 1. The van der Waals surface area contributed by atoms with Gasteiger partial charge in [-0.25, -0.2) is 9.78 Å². The van der Waals surface area contributed by atoms with Crippen LogP contribution in [0.4, 0.5) is 5.13 Å². The summed E-state index contributed by atoms with van der Waals surface area (Å²) in [5, 5.41) is 1.05. The number of anilines is 1. The van der Waals surface area contributed by atoms with E-state index in [9.17, 15) is 4.79 Å². The fraction of sp³-hybridized carbons (Fsp3) is 0.524. The first kappa shape index (κ1) is 21.5. The summed E-state index contributed by atoms with van der Waals surface area (Å²) in [7, 11) is 0. The second-order valence-electron chi connectivity index (χ2n) is 7.23. The second-order valence-corrected chi connectivity index (χ2v) is 8.41. The average Bonchev–Trinajstić information content (AvgIpc) is 3.08. The van der Waals surface area contributed by atoms with Crippen molar-refractivity contribution in [1.82, 2.24) is 4.98 Å². The van der Waals surface area contributed by atoms with E-state index in [1.807, 2.05) is 12.1 Å². The third-order valence-corrected chi connectivity index (χ3v) is 5.67. The average molecular weight is 420 g/mol. The van der Waals surface area contributed by atoms with Crippen LogP contribution in [0, 0.1) is 6.92 Å². The molecule has 0 amide bonds. The van der Waals surface area contributed by atoms with Gasteiger partial charge in [0.25, 0.3) is 0 Å². The summed E-state index contributed by atoms with van der Waals surface area (Å²) in [5.41, 5.74) is 7.75. The van der Waals surface area contributed by atoms with Crippen LogP contribution in [0.25, 0.3) is 0 Å². The summed E-state index contributed by atoms with van der Waals surface area (Å²) >= 11 is 1.72. The lowest BCUT2D eigenvalue weighted by molar-refractivity contribution is -0.149. The van der Waals surface area contributed by atoms with Gasteiger partial charge >= 0.3 is 5.97 Å². The van der Waals surface area contributed by atoms with Gasteiger partial charge in [0.2, 0.25) is 0 Å². The molecule has 2 N–H and O–H groups in total. The van der Waals surface area contributed by atoms with Gasteiger partial charge in [0, 0.05) is 24.4 Å². The minimum Gasteiger partial charge on any atom is -0.493 e. The number of hydrogen-bond acceptors (Lipinski definition) is 8. The van der Waals surface area contributed by atoms with E-state index in [0.29, 0.717) is 17.9 Å². The summed E-state index contributed by atoms with van der Waals surface area (Å²) in [4.78, 5) is 20.3. The number of ether oxygens (including phenoxy) is 3. The van der Waals surface area contributed by atoms with Crippen molar-refractivity contribution in [2.24, 2.45) is 5.73 Å². The Morgan fingerprint density at radius 3 is 2.83 bits per heavy atom. The van der Waals surface area contributed by atoms with Crippen molar-refractivity contribution >= 4 is 22.4 Å². The Morgan fingerprint density at radius 1 is 1.34 bits per heavy atom. The minimum atomic E-state index is -0.821. The third kappa shape index (κ3) is 5.91. The van der Waals surface area contributed by atoms with Crippen molar-refractivity contribution in [1.29, 1.82) is 0 Å². The van der Waals surface area contributed by atoms with Crippen LogP contribution in [0.2, 0.25) is 0 Å². The van der Waals surface area contributed by atoms with Crippen molar-refractivity contribution < 1.29 is 19.0 Å². The number of hydrogen-bond donors (Lipinski definition) is 1. The smallest absolute Gasteiger partial charge is 0.327 e. The van der Waals surface area contributed by atoms with Crippen molar-refractivity contribution in [3.63, 3.8) is 0 Å². The fourth-order valence-electron chi connectivity index (χ4n) is 3.04. The van der Waals surface area contributed by atoms with Crippen LogP contribution < -0.4 is 15.4 Å². The molecule has 0 spiro atoms. The standard InChI is InChI=1S/C21H29N3O4S/c1-14(2)28-20(25)19(22)16-5-4-6-17(13-16)27-10-7-18-15(3)29-21(23-18)24-8-11-26-12-9-24/h4-6,13-14,19H,7-12,22H2,1-3H3. The van der Waals surface area contributed by atoms with E-state index in [2.05, 4.69) is 11.8 Å². The molecule has 1 fully saturated rings. The molecule has 0 bridgehead atoms. The molecule has 8 heteroatoms. The first-order chi connectivity index (χ1) is 13.9.